The molecule has 2 aliphatic rings. The molecule has 3 atom stereocenters. The lowest BCUT2D eigenvalue weighted by molar-refractivity contribution is -0.0595. The average molecular weight is 603 g/mol. The molecule has 44 heavy (non-hydrogen) atoms. The van der Waals surface area contributed by atoms with Crippen molar-refractivity contribution in [2.75, 3.05) is 37.8 Å². The summed E-state index contributed by atoms with van der Waals surface area (Å²) in [6, 6.07) is 13.8. The SMILES string of the molecule is [C-]#[N+]c1ccc(COc2cccc(N3CCN(C(C)c4nc5ccc(C(=O)O)cc5n4C[C@@H]4CCO4)[C@@H](CF)C3)n2)c(F)c1. The Morgan fingerprint density at radius 1 is 1.20 bits per heavy atom. The van der Waals surface area contributed by atoms with Crippen molar-refractivity contribution < 1.29 is 28.2 Å². The summed E-state index contributed by atoms with van der Waals surface area (Å²) in [7, 11) is 0. The zero-order valence-electron chi connectivity index (χ0n) is 24.2. The van der Waals surface area contributed by atoms with Crippen LogP contribution >= 0.6 is 0 Å². The molecule has 2 saturated heterocycles. The normalized spacial score (nSPS) is 19.4. The Morgan fingerprint density at radius 2 is 2.05 bits per heavy atom. The van der Waals surface area contributed by atoms with Gasteiger partial charge in [-0.3, -0.25) is 4.90 Å². The van der Waals surface area contributed by atoms with Crippen LogP contribution in [0.25, 0.3) is 15.9 Å². The Labute approximate surface area is 253 Å². The number of nitrogens with zero attached hydrogens (tertiary/aromatic N) is 6. The number of pyridine rings is 1. The lowest BCUT2D eigenvalue weighted by atomic mass is 10.1. The van der Waals surface area contributed by atoms with Crippen molar-refractivity contribution in [3.63, 3.8) is 0 Å². The van der Waals surface area contributed by atoms with Gasteiger partial charge in [0.05, 0.1) is 47.9 Å². The quantitative estimate of drug-likeness (QED) is 0.241. The van der Waals surface area contributed by atoms with Crippen LogP contribution in [0.3, 0.4) is 0 Å². The first-order chi connectivity index (χ1) is 21.3. The number of carbonyl (C=O) groups is 1. The van der Waals surface area contributed by atoms with Gasteiger partial charge in [0, 0.05) is 37.9 Å². The number of carboxylic acid groups (broad SMARTS) is 1. The number of hydrogen-bond donors (Lipinski definition) is 1. The topological polar surface area (TPSA) is 97.3 Å². The van der Waals surface area contributed by atoms with Crippen LogP contribution in [-0.2, 0) is 17.9 Å². The highest BCUT2D eigenvalue weighted by Gasteiger charge is 2.34. The minimum absolute atomic E-state index is 0.0239. The summed E-state index contributed by atoms with van der Waals surface area (Å²) in [5.41, 5.74) is 2.14. The summed E-state index contributed by atoms with van der Waals surface area (Å²) in [6.45, 7) is 11.2. The molecule has 0 saturated carbocycles. The second-order valence-corrected chi connectivity index (χ2v) is 11.0. The predicted octanol–water partition coefficient (Wildman–Crippen LogP) is 5.41. The van der Waals surface area contributed by atoms with Crippen LogP contribution in [0, 0.1) is 12.4 Å². The van der Waals surface area contributed by atoms with E-state index < -0.39 is 24.5 Å². The highest BCUT2D eigenvalue weighted by Crippen LogP contribution is 2.31. The number of carboxylic acids is 1. The molecule has 4 aromatic rings. The Bertz CT molecular complexity index is 1720. The fourth-order valence-corrected chi connectivity index (χ4v) is 5.83. The summed E-state index contributed by atoms with van der Waals surface area (Å²) in [4.78, 5) is 28.5. The standard InChI is InChI=1S/C32H32F2N6O4/c1-20(31-36-27-9-7-21(32(41)42)14-28(27)40(31)18-25-10-13-43-25)39-12-11-38(17-24(39)16-33)29-4-3-5-30(37-29)44-19-22-6-8-23(35-2)15-26(22)34/h3-9,14-15,20,24-25H,10-13,16-19H2,1H3,(H,41,42)/t20?,24-,25-/m0/s1. The van der Waals surface area contributed by atoms with E-state index in [0.29, 0.717) is 55.6 Å². The Morgan fingerprint density at radius 3 is 2.75 bits per heavy atom. The number of halogens is 2. The van der Waals surface area contributed by atoms with Gasteiger partial charge in [-0.15, -0.1) is 0 Å². The first kappa shape index (κ1) is 29.5. The van der Waals surface area contributed by atoms with Crippen molar-refractivity contribution >= 4 is 28.5 Å². The lowest BCUT2D eigenvalue weighted by Crippen LogP contribution is -2.55. The number of imidazole rings is 1. The molecule has 1 N–H and O–H groups in total. The first-order valence-electron chi connectivity index (χ1n) is 14.5. The predicted molar refractivity (Wildman–Crippen MR) is 159 cm³/mol. The lowest BCUT2D eigenvalue weighted by Gasteiger charge is -2.43. The van der Waals surface area contributed by atoms with Crippen LogP contribution in [0.15, 0.2) is 54.6 Å². The minimum atomic E-state index is -1.01. The second kappa shape index (κ2) is 12.6. The molecular weight excluding hydrogens is 570 g/mol. The van der Waals surface area contributed by atoms with Crippen LogP contribution in [-0.4, -0.2) is 75.6 Å². The maximum Gasteiger partial charge on any atom is 0.335 e. The molecule has 0 amide bonds. The van der Waals surface area contributed by atoms with Crippen LogP contribution in [0.5, 0.6) is 5.88 Å². The van der Waals surface area contributed by atoms with Gasteiger partial charge in [0.1, 0.15) is 30.7 Å². The van der Waals surface area contributed by atoms with E-state index in [-0.39, 0.29) is 30.0 Å². The third-order valence-electron chi connectivity index (χ3n) is 8.36. The van der Waals surface area contributed by atoms with Crippen molar-refractivity contribution in [2.24, 2.45) is 0 Å². The summed E-state index contributed by atoms with van der Waals surface area (Å²) in [6.07, 6.45) is 0.938. The summed E-state index contributed by atoms with van der Waals surface area (Å²) in [5.74, 6) is 0.175. The number of ether oxygens (including phenoxy) is 2. The van der Waals surface area contributed by atoms with Gasteiger partial charge in [0.25, 0.3) is 0 Å². The van der Waals surface area contributed by atoms with Gasteiger partial charge in [-0.25, -0.2) is 23.4 Å². The molecule has 0 spiro atoms. The average Bonchev–Trinajstić information content (AvgIpc) is 3.39. The van der Waals surface area contributed by atoms with Gasteiger partial charge in [0.15, 0.2) is 5.69 Å². The Balaban J connectivity index is 1.18. The number of anilines is 1. The van der Waals surface area contributed by atoms with Gasteiger partial charge in [-0.2, -0.15) is 4.98 Å². The first-order valence-corrected chi connectivity index (χ1v) is 14.5. The molecular formula is C32H32F2N6O4. The number of benzene rings is 2. The van der Waals surface area contributed by atoms with Crippen molar-refractivity contribution in [2.45, 2.75) is 44.7 Å². The van der Waals surface area contributed by atoms with Crippen LogP contribution in [0.1, 0.15) is 41.1 Å². The number of aromatic carboxylic acids is 1. The van der Waals surface area contributed by atoms with E-state index in [1.807, 2.05) is 22.5 Å². The fraction of sp³-hybridized carbons (Fsp3) is 0.375. The molecule has 12 heteroatoms. The highest BCUT2D eigenvalue weighted by atomic mass is 19.1. The molecule has 0 bridgehead atoms. The third-order valence-corrected chi connectivity index (χ3v) is 8.36. The molecule has 2 fully saturated rings. The van der Waals surface area contributed by atoms with Gasteiger partial charge in [0.2, 0.25) is 5.88 Å². The van der Waals surface area contributed by atoms with Crippen LogP contribution in [0.2, 0.25) is 0 Å². The van der Waals surface area contributed by atoms with E-state index in [1.54, 1.807) is 36.4 Å². The van der Waals surface area contributed by atoms with Gasteiger partial charge in [-0.05, 0) is 43.7 Å². The summed E-state index contributed by atoms with van der Waals surface area (Å²) >= 11 is 0. The molecule has 2 aromatic heterocycles. The Hall–Kier alpha value is -4.60. The van der Waals surface area contributed by atoms with Gasteiger partial charge in [-0.1, -0.05) is 18.2 Å². The maximum absolute atomic E-state index is 14.6. The molecule has 10 nitrogen and oxygen atoms in total. The monoisotopic (exact) mass is 602 g/mol. The molecule has 4 heterocycles. The Kier molecular flexibility index (Phi) is 8.41. The number of piperazine rings is 1. The zero-order valence-corrected chi connectivity index (χ0v) is 24.2. The van der Waals surface area contributed by atoms with E-state index in [2.05, 4.69) is 14.7 Å². The molecule has 0 radical (unpaired) electrons. The van der Waals surface area contributed by atoms with E-state index >= 15 is 0 Å². The van der Waals surface area contributed by atoms with E-state index in [0.717, 1.165) is 17.8 Å². The van der Waals surface area contributed by atoms with Gasteiger partial charge >= 0.3 is 5.97 Å². The number of hydrogen-bond acceptors (Lipinski definition) is 7. The number of fused-ring (bicyclic) bond motifs is 1. The maximum atomic E-state index is 14.6. The fourth-order valence-electron chi connectivity index (χ4n) is 5.83. The largest absolute Gasteiger partial charge is 0.478 e. The minimum Gasteiger partial charge on any atom is -0.478 e. The molecule has 2 aliphatic heterocycles. The zero-order chi connectivity index (χ0) is 30.8. The van der Waals surface area contributed by atoms with Gasteiger partial charge < -0.3 is 24.0 Å². The smallest absolute Gasteiger partial charge is 0.335 e. The van der Waals surface area contributed by atoms with Crippen LogP contribution < -0.4 is 9.64 Å². The van der Waals surface area contributed by atoms with E-state index in [1.165, 1.54) is 12.1 Å². The van der Waals surface area contributed by atoms with Crippen molar-refractivity contribution in [1.29, 1.82) is 0 Å². The molecule has 228 valence electrons. The third kappa shape index (κ3) is 5.93. The second-order valence-electron chi connectivity index (χ2n) is 11.0. The van der Waals surface area contributed by atoms with Crippen LogP contribution in [0.4, 0.5) is 20.3 Å². The van der Waals surface area contributed by atoms with E-state index in [4.69, 9.17) is 21.0 Å². The van der Waals surface area contributed by atoms with E-state index in [9.17, 15) is 18.7 Å². The summed E-state index contributed by atoms with van der Waals surface area (Å²) in [5, 5.41) is 9.56. The molecule has 6 rings (SSSR count). The van der Waals surface area contributed by atoms with Crippen molar-refractivity contribution in [3.8, 4) is 5.88 Å². The number of aromatic nitrogens is 3. The summed E-state index contributed by atoms with van der Waals surface area (Å²) < 4.78 is 42.4. The number of rotatable bonds is 10. The molecule has 1 unspecified atom stereocenters. The van der Waals surface area contributed by atoms with Crippen molar-refractivity contribution in [3.05, 3.63) is 88.8 Å². The van der Waals surface area contributed by atoms with Crippen molar-refractivity contribution in [1.82, 2.24) is 19.4 Å². The number of alkyl halides is 1. The highest BCUT2D eigenvalue weighted by molar-refractivity contribution is 5.92. The molecule has 2 aromatic carbocycles. The molecule has 0 aliphatic carbocycles.